The van der Waals surface area contributed by atoms with Gasteiger partial charge in [-0.05, 0) is 30.7 Å². The number of amides is 2. The molecule has 0 spiro atoms. The first-order valence-electron chi connectivity index (χ1n) is 5.57. The molecule has 0 radical (unpaired) electrons. The van der Waals surface area contributed by atoms with E-state index in [0.717, 1.165) is 0 Å². The Morgan fingerprint density at radius 2 is 2.05 bits per heavy atom. The second-order valence-corrected chi connectivity index (χ2v) is 4.08. The molecular formula is C13H13ClN2O3. The number of methoxy groups -OCH3 is 1. The summed E-state index contributed by atoms with van der Waals surface area (Å²) in [5, 5.41) is 11.0. The van der Waals surface area contributed by atoms with Gasteiger partial charge in [-0.2, -0.15) is 5.26 Å². The third kappa shape index (κ3) is 4.27. The first-order chi connectivity index (χ1) is 9.12. The van der Waals surface area contributed by atoms with Crippen molar-refractivity contribution in [2.24, 2.45) is 5.92 Å². The van der Waals surface area contributed by atoms with Gasteiger partial charge in [-0.1, -0.05) is 0 Å². The molecule has 0 saturated heterocycles. The van der Waals surface area contributed by atoms with Gasteiger partial charge in [0.1, 0.15) is 11.7 Å². The summed E-state index contributed by atoms with van der Waals surface area (Å²) in [5.74, 6) is -1.31. The molecule has 0 aromatic heterocycles. The van der Waals surface area contributed by atoms with E-state index >= 15 is 0 Å². The van der Waals surface area contributed by atoms with Crippen LogP contribution in [-0.4, -0.2) is 24.8 Å². The second kappa shape index (κ2) is 7.39. The normalized spacial score (nSPS) is 11.2. The fourth-order valence-electron chi connectivity index (χ4n) is 1.38. The molecule has 1 unspecified atom stereocenters. The summed E-state index contributed by atoms with van der Waals surface area (Å²) in [7, 11) is 1.52. The molecule has 1 atom stereocenters. The summed E-state index contributed by atoms with van der Waals surface area (Å²) in [6, 6.07) is 8.10. The van der Waals surface area contributed by atoms with E-state index in [-0.39, 0.29) is 12.3 Å². The van der Waals surface area contributed by atoms with Gasteiger partial charge in [0.05, 0.1) is 13.2 Å². The summed E-state index contributed by atoms with van der Waals surface area (Å²) in [5.41, 5.74) is 0.316. The minimum atomic E-state index is -0.917. The molecule has 1 rings (SSSR count). The number of ether oxygens (including phenoxy) is 1. The molecule has 19 heavy (non-hydrogen) atoms. The van der Waals surface area contributed by atoms with Crippen molar-refractivity contribution in [1.82, 2.24) is 5.32 Å². The van der Waals surface area contributed by atoms with Gasteiger partial charge in [0.25, 0.3) is 5.91 Å². The molecule has 0 saturated carbocycles. The van der Waals surface area contributed by atoms with E-state index in [1.54, 1.807) is 12.1 Å². The van der Waals surface area contributed by atoms with Gasteiger partial charge in [-0.3, -0.25) is 14.9 Å². The molecule has 1 aromatic carbocycles. The SMILES string of the molecule is COc1ccc(C(=O)NC(=O)C(C#N)CCCl)cc1. The van der Waals surface area contributed by atoms with E-state index < -0.39 is 17.7 Å². The molecule has 2 amide bonds. The monoisotopic (exact) mass is 280 g/mol. The van der Waals surface area contributed by atoms with E-state index in [0.29, 0.717) is 11.3 Å². The van der Waals surface area contributed by atoms with Crippen molar-refractivity contribution in [3.05, 3.63) is 29.8 Å². The largest absolute Gasteiger partial charge is 0.497 e. The lowest BCUT2D eigenvalue weighted by molar-refractivity contribution is -0.122. The van der Waals surface area contributed by atoms with Crippen molar-refractivity contribution in [3.63, 3.8) is 0 Å². The zero-order chi connectivity index (χ0) is 14.3. The van der Waals surface area contributed by atoms with E-state index in [4.69, 9.17) is 21.6 Å². The highest BCUT2D eigenvalue weighted by Crippen LogP contribution is 2.11. The summed E-state index contributed by atoms with van der Waals surface area (Å²) in [6.45, 7) is 0. The Morgan fingerprint density at radius 3 is 2.53 bits per heavy atom. The average molecular weight is 281 g/mol. The first kappa shape index (κ1) is 15.0. The Labute approximate surface area is 116 Å². The van der Waals surface area contributed by atoms with Gasteiger partial charge in [0, 0.05) is 11.4 Å². The summed E-state index contributed by atoms with van der Waals surface area (Å²) in [6.07, 6.45) is 0.208. The van der Waals surface area contributed by atoms with Crippen LogP contribution in [0.25, 0.3) is 0 Å². The van der Waals surface area contributed by atoms with Crippen molar-refractivity contribution in [2.45, 2.75) is 6.42 Å². The average Bonchev–Trinajstić information content (AvgIpc) is 2.44. The Hall–Kier alpha value is -2.06. The molecule has 0 aliphatic heterocycles. The van der Waals surface area contributed by atoms with Crippen LogP contribution in [0.1, 0.15) is 16.8 Å². The summed E-state index contributed by atoms with van der Waals surface area (Å²) in [4.78, 5) is 23.4. The Morgan fingerprint density at radius 1 is 1.42 bits per heavy atom. The number of carbonyl (C=O) groups excluding carboxylic acids is 2. The van der Waals surface area contributed by atoms with E-state index in [1.165, 1.54) is 19.2 Å². The minimum Gasteiger partial charge on any atom is -0.497 e. The van der Waals surface area contributed by atoms with Crippen LogP contribution in [0.2, 0.25) is 0 Å². The molecule has 0 aliphatic rings. The predicted molar refractivity (Wildman–Crippen MR) is 69.9 cm³/mol. The standard InChI is InChI=1S/C13H13ClN2O3/c1-19-11-4-2-9(3-5-11)12(17)16-13(18)10(8-15)6-7-14/h2-5,10H,6-7H2,1H3,(H,16,17,18). The van der Waals surface area contributed by atoms with Crippen LogP contribution in [0.3, 0.4) is 0 Å². The van der Waals surface area contributed by atoms with E-state index in [1.807, 2.05) is 6.07 Å². The number of nitriles is 1. The fraction of sp³-hybridized carbons (Fsp3) is 0.308. The maximum atomic E-state index is 11.8. The van der Waals surface area contributed by atoms with Gasteiger partial charge >= 0.3 is 0 Å². The number of hydrogen-bond donors (Lipinski definition) is 1. The lowest BCUT2D eigenvalue weighted by atomic mass is 10.1. The lowest BCUT2D eigenvalue weighted by Crippen LogP contribution is -2.35. The van der Waals surface area contributed by atoms with Crippen LogP contribution in [-0.2, 0) is 4.79 Å². The van der Waals surface area contributed by atoms with Crippen molar-refractivity contribution in [1.29, 1.82) is 5.26 Å². The Balaban J connectivity index is 2.68. The number of rotatable bonds is 5. The van der Waals surface area contributed by atoms with Gasteiger partial charge in [-0.15, -0.1) is 11.6 Å². The molecule has 0 aliphatic carbocycles. The molecule has 6 heteroatoms. The molecule has 0 bridgehead atoms. The van der Waals surface area contributed by atoms with Gasteiger partial charge < -0.3 is 4.74 Å². The summed E-state index contributed by atoms with van der Waals surface area (Å²) < 4.78 is 4.96. The molecule has 100 valence electrons. The molecule has 5 nitrogen and oxygen atoms in total. The number of nitrogens with zero attached hydrogens (tertiary/aromatic N) is 1. The molecule has 1 aromatic rings. The number of halogens is 1. The van der Waals surface area contributed by atoms with Crippen molar-refractivity contribution in [3.8, 4) is 11.8 Å². The Bertz CT molecular complexity index is 494. The first-order valence-corrected chi connectivity index (χ1v) is 6.10. The van der Waals surface area contributed by atoms with E-state index in [2.05, 4.69) is 5.32 Å². The number of carbonyl (C=O) groups is 2. The quantitative estimate of drug-likeness (QED) is 0.833. The number of benzene rings is 1. The molecule has 1 N–H and O–H groups in total. The van der Waals surface area contributed by atoms with Gasteiger partial charge in [-0.25, -0.2) is 0 Å². The van der Waals surface area contributed by atoms with Crippen molar-refractivity contribution in [2.75, 3.05) is 13.0 Å². The maximum Gasteiger partial charge on any atom is 0.257 e. The smallest absolute Gasteiger partial charge is 0.257 e. The number of imide groups is 1. The van der Waals surface area contributed by atoms with E-state index in [9.17, 15) is 9.59 Å². The van der Waals surface area contributed by atoms with Gasteiger partial charge in [0.2, 0.25) is 5.91 Å². The van der Waals surface area contributed by atoms with Crippen LogP contribution in [0.4, 0.5) is 0 Å². The third-order valence-electron chi connectivity index (χ3n) is 2.46. The highest BCUT2D eigenvalue weighted by atomic mass is 35.5. The topological polar surface area (TPSA) is 79.2 Å². The highest BCUT2D eigenvalue weighted by Gasteiger charge is 2.20. The Kier molecular flexibility index (Phi) is 5.83. The highest BCUT2D eigenvalue weighted by molar-refractivity contribution is 6.18. The third-order valence-corrected chi connectivity index (χ3v) is 2.68. The van der Waals surface area contributed by atoms with Crippen LogP contribution in [0.15, 0.2) is 24.3 Å². The zero-order valence-electron chi connectivity index (χ0n) is 10.4. The van der Waals surface area contributed by atoms with Crippen LogP contribution in [0.5, 0.6) is 5.75 Å². The number of hydrogen-bond acceptors (Lipinski definition) is 4. The minimum absolute atomic E-state index is 0.183. The molecule has 0 fully saturated rings. The van der Waals surface area contributed by atoms with Gasteiger partial charge in [0.15, 0.2) is 0 Å². The summed E-state index contributed by atoms with van der Waals surface area (Å²) >= 11 is 5.48. The maximum absolute atomic E-state index is 11.8. The fourth-order valence-corrected chi connectivity index (χ4v) is 1.60. The predicted octanol–water partition coefficient (Wildman–Crippen LogP) is 1.72. The molecular weight excluding hydrogens is 268 g/mol. The lowest BCUT2D eigenvalue weighted by Gasteiger charge is -2.08. The number of nitrogens with one attached hydrogen (secondary N) is 1. The van der Waals surface area contributed by atoms with Crippen molar-refractivity contribution < 1.29 is 14.3 Å². The molecule has 0 heterocycles. The van der Waals surface area contributed by atoms with Crippen LogP contribution >= 0.6 is 11.6 Å². The van der Waals surface area contributed by atoms with Crippen LogP contribution in [0, 0.1) is 17.2 Å². The number of alkyl halides is 1. The van der Waals surface area contributed by atoms with Crippen molar-refractivity contribution >= 4 is 23.4 Å². The zero-order valence-corrected chi connectivity index (χ0v) is 11.1. The second-order valence-electron chi connectivity index (χ2n) is 3.71. The van der Waals surface area contributed by atoms with Crippen LogP contribution < -0.4 is 10.1 Å².